The van der Waals surface area contributed by atoms with Crippen LogP contribution in [0.1, 0.15) is 22.8 Å². The lowest BCUT2D eigenvalue weighted by atomic mass is 10.1. The van der Waals surface area contributed by atoms with Crippen molar-refractivity contribution in [2.45, 2.75) is 19.6 Å². The van der Waals surface area contributed by atoms with E-state index >= 15 is 0 Å². The zero-order valence-electron chi connectivity index (χ0n) is 11.0. The van der Waals surface area contributed by atoms with Gasteiger partial charge in [-0.1, -0.05) is 36.4 Å². The van der Waals surface area contributed by atoms with Crippen molar-refractivity contribution in [3.8, 4) is 5.75 Å². The van der Waals surface area contributed by atoms with Crippen molar-refractivity contribution in [3.05, 3.63) is 65.2 Å². The highest BCUT2D eigenvalue weighted by molar-refractivity contribution is 5.30. The molecule has 0 radical (unpaired) electrons. The third-order valence-corrected chi connectivity index (χ3v) is 3.14. The monoisotopic (exact) mass is 257 g/mol. The number of hydrogen-bond acceptors (Lipinski definition) is 3. The van der Waals surface area contributed by atoms with E-state index < -0.39 is 6.10 Å². The molecule has 0 aliphatic rings. The second-order valence-electron chi connectivity index (χ2n) is 4.54. The first-order chi connectivity index (χ1) is 9.20. The maximum Gasteiger partial charge on any atom is 0.119 e. The van der Waals surface area contributed by atoms with Crippen LogP contribution in [0, 0.1) is 6.92 Å². The fourth-order valence-corrected chi connectivity index (χ4v) is 1.86. The summed E-state index contributed by atoms with van der Waals surface area (Å²) in [7, 11) is 0. The lowest BCUT2D eigenvalue weighted by Crippen LogP contribution is -2.11. The van der Waals surface area contributed by atoms with E-state index in [2.05, 4.69) is 19.1 Å². The molecule has 3 nitrogen and oxygen atoms in total. The topological polar surface area (TPSA) is 55.5 Å². The number of benzene rings is 2. The molecular formula is C16H19NO2. The molecule has 19 heavy (non-hydrogen) atoms. The van der Waals surface area contributed by atoms with Crippen LogP contribution in [0.25, 0.3) is 0 Å². The Kier molecular flexibility index (Phi) is 4.55. The van der Waals surface area contributed by atoms with E-state index in [0.717, 1.165) is 11.3 Å². The molecular weight excluding hydrogens is 238 g/mol. The first-order valence-electron chi connectivity index (χ1n) is 6.36. The molecule has 2 aromatic carbocycles. The molecule has 0 bridgehead atoms. The van der Waals surface area contributed by atoms with Crippen molar-refractivity contribution in [2.24, 2.45) is 5.73 Å². The third kappa shape index (κ3) is 3.56. The van der Waals surface area contributed by atoms with Crippen LogP contribution in [0.4, 0.5) is 0 Å². The summed E-state index contributed by atoms with van der Waals surface area (Å²) >= 11 is 0. The Morgan fingerprint density at radius 1 is 1.11 bits per heavy atom. The molecule has 0 aliphatic carbocycles. The van der Waals surface area contributed by atoms with E-state index in [-0.39, 0.29) is 6.54 Å². The van der Waals surface area contributed by atoms with Crippen LogP contribution in [0.15, 0.2) is 48.5 Å². The molecule has 100 valence electrons. The van der Waals surface area contributed by atoms with Gasteiger partial charge in [-0.25, -0.2) is 0 Å². The van der Waals surface area contributed by atoms with Crippen molar-refractivity contribution < 1.29 is 9.84 Å². The molecule has 0 aromatic heterocycles. The highest BCUT2D eigenvalue weighted by atomic mass is 16.5. The summed E-state index contributed by atoms with van der Waals surface area (Å²) in [5.41, 5.74) is 8.62. The molecule has 2 rings (SSSR count). The van der Waals surface area contributed by atoms with E-state index in [4.69, 9.17) is 10.5 Å². The summed E-state index contributed by atoms with van der Waals surface area (Å²) in [6.07, 6.45) is -0.606. The SMILES string of the molecule is Cc1ccccc1COc1ccc(C(O)CN)cc1. The maximum absolute atomic E-state index is 9.60. The molecule has 3 heteroatoms. The Labute approximate surface area is 113 Å². The number of nitrogens with two attached hydrogens (primary N) is 1. The van der Waals surface area contributed by atoms with Gasteiger partial charge in [-0.3, -0.25) is 0 Å². The van der Waals surface area contributed by atoms with Crippen LogP contribution in [-0.2, 0) is 6.61 Å². The molecule has 0 aliphatic heterocycles. The number of aliphatic hydroxyl groups is 1. The zero-order valence-corrected chi connectivity index (χ0v) is 11.0. The van der Waals surface area contributed by atoms with Gasteiger partial charge in [0.25, 0.3) is 0 Å². The second-order valence-corrected chi connectivity index (χ2v) is 4.54. The Morgan fingerprint density at radius 3 is 2.42 bits per heavy atom. The van der Waals surface area contributed by atoms with Crippen molar-refractivity contribution in [1.82, 2.24) is 0 Å². The summed E-state index contributed by atoms with van der Waals surface area (Å²) in [5, 5.41) is 9.60. The van der Waals surface area contributed by atoms with Gasteiger partial charge in [-0.05, 0) is 35.7 Å². The summed E-state index contributed by atoms with van der Waals surface area (Å²) < 4.78 is 5.73. The van der Waals surface area contributed by atoms with Gasteiger partial charge in [0.05, 0.1) is 6.10 Å². The Hall–Kier alpha value is -1.84. The smallest absolute Gasteiger partial charge is 0.119 e. The fraction of sp³-hybridized carbons (Fsp3) is 0.250. The van der Waals surface area contributed by atoms with Crippen LogP contribution >= 0.6 is 0 Å². The number of rotatable bonds is 5. The minimum absolute atomic E-state index is 0.226. The molecule has 0 fully saturated rings. The van der Waals surface area contributed by atoms with Crippen LogP contribution in [-0.4, -0.2) is 11.7 Å². The second kappa shape index (κ2) is 6.36. The first-order valence-corrected chi connectivity index (χ1v) is 6.36. The van der Waals surface area contributed by atoms with Crippen LogP contribution in [0.3, 0.4) is 0 Å². The quantitative estimate of drug-likeness (QED) is 0.865. The molecule has 0 heterocycles. The predicted molar refractivity (Wildman–Crippen MR) is 76.0 cm³/mol. The Morgan fingerprint density at radius 2 is 1.79 bits per heavy atom. The molecule has 0 spiro atoms. The van der Waals surface area contributed by atoms with Crippen molar-refractivity contribution in [3.63, 3.8) is 0 Å². The van der Waals surface area contributed by atoms with Gasteiger partial charge in [-0.15, -0.1) is 0 Å². The molecule has 0 saturated carbocycles. The van der Waals surface area contributed by atoms with Gasteiger partial charge < -0.3 is 15.6 Å². The minimum atomic E-state index is -0.606. The van der Waals surface area contributed by atoms with E-state index in [9.17, 15) is 5.11 Å². The van der Waals surface area contributed by atoms with Crippen molar-refractivity contribution in [2.75, 3.05) is 6.54 Å². The average molecular weight is 257 g/mol. The third-order valence-electron chi connectivity index (χ3n) is 3.14. The van der Waals surface area contributed by atoms with Crippen molar-refractivity contribution >= 4 is 0 Å². The normalized spacial score (nSPS) is 12.2. The van der Waals surface area contributed by atoms with E-state index in [0.29, 0.717) is 6.61 Å². The zero-order chi connectivity index (χ0) is 13.7. The van der Waals surface area contributed by atoms with Crippen molar-refractivity contribution in [1.29, 1.82) is 0 Å². The lowest BCUT2D eigenvalue weighted by Gasteiger charge is -2.11. The number of aryl methyl sites for hydroxylation is 1. The lowest BCUT2D eigenvalue weighted by molar-refractivity contribution is 0.186. The molecule has 1 unspecified atom stereocenters. The van der Waals surface area contributed by atoms with Gasteiger partial charge in [0, 0.05) is 6.54 Å². The highest BCUT2D eigenvalue weighted by Gasteiger charge is 2.05. The fourth-order valence-electron chi connectivity index (χ4n) is 1.86. The summed E-state index contributed by atoms with van der Waals surface area (Å²) in [5.74, 6) is 0.788. The largest absolute Gasteiger partial charge is 0.489 e. The predicted octanol–water partition coefficient (Wildman–Crippen LogP) is 2.57. The van der Waals surface area contributed by atoms with Gasteiger partial charge in [0.1, 0.15) is 12.4 Å². The first kappa shape index (κ1) is 13.6. The van der Waals surface area contributed by atoms with E-state index in [1.807, 2.05) is 36.4 Å². The standard InChI is InChI=1S/C16H19NO2/c1-12-4-2-3-5-14(12)11-19-15-8-6-13(7-9-15)16(18)10-17/h2-9,16,18H,10-11,17H2,1H3. The Bertz CT molecular complexity index is 523. The van der Waals surface area contributed by atoms with Crippen LogP contribution in [0.2, 0.25) is 0 Å². The molecule has 0 amide bonds. The highest BCUT2D eigenvalue weighted by Crippen LogP contribution is 2.18. The number of hydrogen-bond donors (Lipinski definition) is 2. The summed E-state index contributed by atoms with van der Waals surface area (Å²) in [6, 6.07) is 15.5. The summed E-state index contributed by atoms with van der Waals surface area (Å²) in [6.45, 7) is 2.84. The Balaban J connectivity index is 1.99. The molecule has 1 atom stereocenters. The van der Waals surface area contributed by atoms with E-state index in [1.54, 1.807) is 0 Å². The minimum Gasteiger partial charge on any atom is -0.489 e. The van der Waals surface area contributed by atoms with E-state index in [1.165, 1.54) is 11.1 Å². The molecule has 3 N–H and O–H groups in total. The van der Waals surface area contributed by atoms with Gasteiger partial charge in [0.15, 0.2) is 0 Å². The number of ether oxygens (including phenoxy) is 1. The number of aliphatic hydroxyl groups excluding tert-OH is 1. The van der Waals surface area contributed by atoms with Gasteiger partial charge in [-0.2, -0.15) is 0 Å². The van der Waals surface area contributed by atoms with Crippen LogP contribution in [0.5, 0.6) is 5.75 Å². The van der Waals surface area contributed by atoms with Gasteiger partial charge >= 0.3 is 0 Å². The summed E-state index contributed by atoms with van der Waals surface area (Å²) in [4.78, 5) is 0. The average Bonchev–Trinajstić information content (AvgIpc) is 2.46. The van der Waals surface area contributed by atoms with Crippen LogP contribution < -0.4 is 10.5 Å². The maximum atomic E-state index is 9.60. The van der Waals surface area contributed by atoms with Gasteiger partial charge in [0.2, 0.25) is 0 Å². The molecule has 0 saturated heterocycles. The molecule has 2 aromatic rings.